The van der Waals surface area contributed by atoms with Crippen LogP contribution in [0.3, 0.4) is 0 Å². The van der Waals surface area contributed by atoms with Crippen LogP contribution in [0.25, 0.3) is 0 Å². The van der Waals surface area contributed by atoms with Crippen LogP contribution in [0.5, 0.6) is 0 Å². The fourth-order valence-electron chi connectivity index (χ4n) is 3.36. The lowest BCUT2D eigenvalue weighted by Crippen LogP contribution is -2.34. The smallest absolute Gasteiger partial charge is 0.0482 e. The minimum atomic E-state index is 0.645. The largest absolute Gasteiger partial charge is 0.316 e. The summed E-state index contributed by atoms with van der Waals surface area (Å²) in [6, 6.07) is 4.95. The van der Waals surface area contributed by atoms with Crippen LogP contribution in [-0.4, -0.2) is 18.1 Å². The summed E-state index contributed by atoms with van der Waals surface area (Å²) in [6.45, 7) is 2.36. The number of aromatic nitrogens is 1. The van der Waals surface area contributed by atoms with Gasteiger partial charge in [-0.1, -0.05) is 13.0 Å². The standard InChI is InChI=1S/C14H20N2/c1-9-8-12(9)14(15-2)11-6-5-10-4-3-7-16-13(10)11/h3-4,7,9,11-12,14-15H,5-6,8H2,1-2H3. The highest BCUT2D eigenvalue weighted by Crippen LogP contribution is 2.47. The number of likely N-dealkylation sites (N-methyl/N-ethyl adjacent to an activating group) is 1. The maximum absolute atomic E-state index is 4.60. The fraction of sp³-hybridized carbons (Fsp3) is 0.643. The van der Waals surface area contributed by atoms with Crippen LogP contribution >= 0.6 is 0 Å². The first-order valence-electron chi connectivity index (χ1n) is 6.42. The highest BCUT2D eigenvalue weighted by molar-refractivity contribution is 5.30. The molecule has 0 amide bonds. The molecular formula is C14H20N2. The number of nitrogens with zero attached hydrogens (tertiary/aromatic N) is 1. The maximum atomic E-state index is 4.60. The molecule has 2 heteroatoms. The van der Waals surface area contributed by atoms with E-state index in [-0.39, 0.29) is 0 Å². The van der Waals surface area contributed by atoms with Gasteiger partial charge in [0.15, 0.2) is 0 Å². The lowest BCUT2D eigenvalue weighted by molar-refractivity contribution is 0.397. The van der Waals surface area contributed by atoms with Gasteiger partial charge in [-0.05, 0) is 49.8 Å². The number of hydrogen-bond donors (Lipinski definition) is 1. The summed E-state index contributed by atoms with van der Waals surface area (Å²) in [5.74, 6) is 2.43. The molecule has 16 heavy (non-hydrogen) atoms. The summed E-state index contributed by atoms with van der Waals surface area (Å²) in [5, 5.41) is 3.54. The molecule has 2 nitrogen and oxygen atoms in total. The van der Waals surface area contributed by atoms with Crippen LogP contribution in [0.15, 0.2) is 18.3 Å². The van der Waals surface area contributed by atoms with E-state index in [0.29, 0.717) is 12.0 Å². The van der Waals surface area contributed by atoms with E-state index >= 15 is 0 Å². The summed E-state index contributed by atoms with van der Waals surface area (Å²) in [5.41, 5.74) is 2.84. The van der Waals surface area contributed by atoms with Gasteiger partial charge in [0.1, 0.15) is 0 Å². The van der Waals surface area contributed by atoms with Crippen molar-refractivity contribution in [3.8, 4) is 0 Å². The minimum Gasteiger partial charge on any atom is -0.316 e. The van der Waals surface area contributed by atoms with Gasteiger partial charge >= 0.3 is 0 Å². The predicted octanol–water partition coefficient (Wildman–Crippen LogP) is 2.36. The fourth-order valence-corrected chi connectivity index (χ4v) is 3.36. The van der Waals surface area contributed by atoms with E-state index in [0.717, 1.165) is 11.8 Å². The van der Waals surface area contributed by atoms with E-state index < -0.39 is 0 Å². The van der Waals surface area contributed by atoms with E-state index in [1.54, 1.807) is 0 Å². The molecule has 1 aromatic rings. The second-order valence-corrected chi connectivity index (χ2v) is 5.38. The normalized spacial score (nSPS) is 33.5. The monoisotopic (exact) mass is 216 g/mol. The molecule has 1 saturated carbocycles. The molecule has 2 aliphatic rings. The average molecular weight is 216 g/mol. The average Bonchev–Trinajstić information content (AvgIpc) is 2.88. The number of hydrogen-bond acceptors (Lipinski definition) is 2. The van der Waals surface area contributed by atoms with E-state index in [1.807, 2.05) is 6.20 Å². The third kappa shape index (κ3) is 1.56. The van der Waals surface area contributed by atoms with E-state index in [1.165, 1.54) is 30.5 Å². The first-order valence-corrected chi connectivity index (χ1v) is 6.42. The van der Waals surface area contributed by atoms with Crippen molar-refractivity contribution in [3.05, 3.63) is 29.6 Å². The Bertz CT molecular complexity index is 388. The second kappa shape index (κ2) is 3.85. The Kier molecular flexibility index (Phi) is 2.47. The molecule has 2 aliphatic carbocycles. The summed E-state index contributed by atoms with van der Waals surface area (Å²) in [6.07, 6.45) is 5.83. The van der Waals surface area contributed by atoms with Crippen molar-refractivity contribution in [2.75, 3.05) is 7.05 Å². The number of nitrogens with one attached hydrogen (secondary N) is 1. The highest BCUT2D eigenvalue weighted by atomic mass is 14.9. The molecule has 0 saturated heterocycles. The summed E-state index contributed by atoms with van der Waals surface area (Å²) < 4.78 is 0. The number of fused-ring (bicyclic) bond motifs is 1. The minimum absolute atomic E-state index is 0.645. The zero-order valence-electron chi connectivity index (χ0n) is 10.1. The van der Waals surface area contributed by atoms with Crippen LogP contribution in [0.2, 0.25) is 0 Å². The molecular weight excluding hydrogens is 196 g/mol. The molecule has 86 valence electrons. The molecule has 1 aromatic heterocycles. The molecule has 0 aromatic carbocycles. The van der Waals surface area contributed by atoms with Crippen molar-refractivity contribution < 1.29 is 0 Å². The zero-order valence-corrected chi connectivity index (χ0v) is 10.1. The SMILES string of the molecule is CNC(C1CCc2cccnc21)C1CC1C. The van der Waals surface area contributed by atoms with Gasteiger partial charge in [-0.25, -0.2) is 0 Å². The highest BCUT2D eigenvalue weighted by Gasteiger charge is 2.44. The lowest BCUT2D eigenvalue weighted by Gasteiger charge is -2.23. The van der Waals surface area contributed by atoms with Crippen LogP contribution in [-0.2, 0) is 6.42 Å². The number of rotatable bonds is 3. The van der Waals surface area contributed by atoms with Crippen LogP contribution in [0, 0.1) is 11.8 Å². The van der Waals surface area contributed by atoms with Crippen molar-refractivity contribution in [1.29, 1.82) is 0 Å². The molecule has 0 radical (unpaired) electrons. The molecule has 0 bridgehead atoms. The third-order valence-electron chi connectivity index (χ3n) is 4.40. The van der Waals surface area contributed by atoms with Gasteiger partial charge in [-0.2, -0.15) is 0 Å². The zero-order chi connectivity index (χ0) is 11.1. The molecule has 0 spiro atoms. The van der Waals surface area contributed by atoms with Gasteiger partial charge in [0.05, 0.1) is 0 Å². The van der Waals surface area contributed by atoms with E-state index in [4.69, 9.17) is 0 Å². The van der Waals surface area contributed by atoms with Crippen molar-refractivity contribution in [2.24, 2.45) is 11.8 Å². The van der Waals surface area contributed by atoms with Crippen molar-refractivity contribution in [1.82, 2.24) is 10.3 Å². The van der Waals surface area contributed by atoms with Crippen LogP contribution in [0.1, 0.15) is 36.9 Å². The summed E-state index contributed by atoms with van der Waals surface area (Å²) >= 11 is 0. The van der Waals surface area contributed by atoms with E-state index in [9.17, 15) is 0 Å². The Morgan fingerprint density at radius 1 is 1.50 bits per heavy atom. The first kappa shape index (κ1) is 10.3. The van der Waals surface area contributed by atoms with Crippen molar-refractivity contribution in [3.63, 3.8) is 0 Å². The summed E-state index contributed by atoms with van der Waals surface area (Å²) in [7, 11) is 2.11. The van der Waals surface area contributed by atoms with Gasteiger partial charge < -0.3 is 5.32 Å². The van der Waals surface area contributed by atoms with Gasteiger partial charge in [-0.3, -0.25) is 4.98 Å². The first-order chi connectivity index (χ1) is 7.81. The van der Waals surface area contributed by atoms with Crippen LogP contribution in [0.4, 0.5) is 0 Å². The Balaban J connectivity index is 1.85. The van der Waals surface area contributed by atoms with Crippen LogP contribution < -0.4 is 5.32 Å². The quantitative estimate of drug-likeness (QED) is 0.839. The van der Waals surface area contributed by atoms with Gasteiger partial charge in [-0.15, -0.1) is 0 Å². The number of aryl methyl sites for hydroxylation is 1. The molecule has 3 rings (SSSR count). The molecule has 0 aliphatic heterocycles. The van der Waals surface area contributed by atoms with Gasteiger partial charge in [0.2, 0.25) is 0 Å². The molecule has 4 unspecified atom stereocenters. The van der Waals surface area contributed by atoms with Crippen molar-refractivity contribution >= 4 is 0 Å². The molecule has 1 N–H and O–H groups in total. The molecule has 1 fully saturated rings. The number of pyridine rings is 1. The maximum Gasteiger partial charge on any atom is 0.0482 e. The Hall–Kier alpha value is -0.890. The topological polar surface area (TPSA) is 24.9 Å². The van der Waals surface area contributed by atoms with E-state index in [2.05, 4.69) is 36.4 Å². The lowest BCUT2D eigenvalue weighted by atomic mass is 9.92. The third-order valence-corrected chi connectivity index (χ3v) is 4.40. The molecule has 4 atom stereocenters. The second-order valence-electron chi connectivity index (χ2n) is 5.38. The molecule has 1 heterocycles. The van der Waals surface area contributed by atoms with Crippen molar-refractivity contribution in [2.45, 2.75) is 38.1 Å². The Morgan fingerprint density at radius 3 is 3.00 bits per heavy atom. The Morgan fingerprint density at radius 2 is 2.31 bits per heavy atom. The Labute approximate surface area is 97.5 Å². The van der Waals surface area contributed by atoms with Gasteiger partial charge in [0, 0.05) is 23.9 Å². The predicted molar refractivity (Wildman–Crippen MR) is 65.4 cm³/mol. The summed E-state index contributed by atoms with van der Waals surface area (Å²) in [4.78, 5) is 4.60. The van der Waals surface area contributed by atoms with Gasteiger partial charge in [0.25, 0.3) is 0 Å².